The van der Waals surface area contributed by atoms with Crippen LogP contribution in [0.25, 0.3) is 0 Å². The maximum Gasteiger partial charge on any atom is 0.158 e. The Morgan fingerprint density at radius 2 is 2.12 bits per heavy atom. The molecule has 2 atom stereocenters. The number of ketones is 1. The van der Waals surface area contributed by atoms with Crippen LogP contribution in [0.5, 0.6) is 0 Å². The van der Waals surface area contributed by atoms with Gasteiger partial charge in [0.2, 0.25) is 0 Å². The van der Waals surface area contributed by atoms with Crippen molar-refractivity contribution in [3.05, 3.63) is 46.1 Å². The van der Waals surface area contributed by atoms with E-state index in [9.17, 15) is 10.1 Å². The number of nitriles is 1. The highest BCUT2D eigenvalue weighted by atomic mass is 35.5. The van der Waals surface area contributed by atoms with Gasteiger partial charge in [0.15, 0.2) is 5.78 Å². The van der Waals surface area contributed by atoms with Crippen LogP contribution in [0.3, 0.4) is 0 Å². The minimum absolute atomic E-state index is 0.0565. The third-order valence-electron chi connectivity index (χ3n) is 4.08. The molecule has 0 aromatic heterocycles. The van der Waals surface area contributed by atoms with E-state index >= 15 is 0 Å². The SMILES string of the molecule is CCCCSC1=NC(C)=C(C(C)=O)[C@@H](c2ccccc2Cl)C1C#N. The zero-order chi connectivity index (χ0) is 17.7. The predicted octanol–water partition coefficient (Wildman–Crippen LogP) is 5.37. The molecule has 0 N–H and O–H groups in total. The molecule has 0 aliphatic carbocycles. The highest BCUT2D eigenvalue weighted by molar-refractivity contribution is 8.14. The molecule has 1 aliphatic rings. The molecule has 2 rings (SSSR count). The van der Waals surface area contributed by atoms with Crippen molar-refractivity contribution in [2.75, 3.05) is 5.75 Å². The summed E-state index contributed by atoms with van der Waals surface area (Å²) in [6.45, 7) is 5.51. The van der Waals surface area contributed by atoms with Crippen LogP contribution in [0.2, 0.25) is 5.02 Å². The van der Waals surface area contributed by atoms with E-state index in [2.05, 4.69) is 18.0 Å². The van der Waals surface area contributed by atoms with Gasteiger partial charge < -0.3 is 0 Å². The minimum atomic E-state index is -0.477. The van der Waals surface area contributed by atoms with Crippen molar-refractivity contribution >= 4 is 34.2 Å². The van der Waals surface area contributed by atoms with Crippen molar-refractivity contribution in [3.63, 3.8) is 0 Å². The number of unbranched alkanes of at least 4 members (excludes halogenated alkanes) is 1. The molecule has 1 unspecified atom stereocenters. The quantitative estimate of drug-likeness (QED) is 0.663. The zero-order valence-corrected chi connectivity index (χ0v) is 15.7. The third-order valence-corrected chi connectivity index (χ3v) is 5.56. The number of allylic oxidation sites excluding steroid dienone is 2. The number of rotatable bonds is 5. The Morgan fingerprint density at radius 1 is 1.42 bits per heavy atom. The normalized spacial score (nSPS) is 20.5. The second-order valence-electron chi connectivity index (χ2n) is 5.81. The van der Waals surface area contributed by atoms with Gasteiger partial charge >= 0.3 is 0 Å². The minimum Gasteiger partial charge on any atom is -0.295 e. The lowest BCUT2D eigenvalue weighted by Gasteiger charge is -2.30. The van der Waals surface area contributed by atoms with Crippen molar-refractivity contribution in [2.24, 2.45) is 10.9 Å². The fraction of sp³-hybridized carbons (Fsp3) is 0.421. The molecular weight excluding hydrogens is 340 g/mol. The van der Waals surface area contributed by atoms with Crippen molar-refractivity contribution in [2.45, 2.75) is 39.5 Å². The summed E-state index contributed by atoms with van der Waals surface area (Å²) < 4.78 is 0. The van der Waals surface area contributed by atoms with E-state index in [0.717, 1.165) is 29.2 Å². The van der Waals surface area contributed by atoms with Gasteiger partial charge in [-0.1, -0.05) is 43.1 Å². The van der Waals surface area contributed by atoms with Gasteiger partial charge in [0.05, 0.1) is 11.1 Å². The first-order valence-corrected chi connectivity index (χ1v) is 9.44. The lowest BCUT2D eigenvalue weighted by Crippen LogP contribution is -2.28. The van der Waals surface area contributed by atoms with Crippen LogP contribution >= 0.6 is 23.4 Å². The van der Waals surface area contributed by atoms with Crippen LogP contribution in [-0.2, 0) is 4.79 Å². The Morgan fingerprint density at radius 3 is 2.71 bits per heavy atom. The van der Waals surface area contributed by atoms with Gasteiger partial charge in [-0.15, -0.1) is 11.8 Å². The van der Waals surface area contributed by atoms with Gasteiger partial charge in [-0.3, -0.25) is 4.79 Å². The molecule has 126 valence electrons. The molecular formula is C19H21ClN2OS. The van der Waals surface area contributed by atoms with Crippen LogP contribution in [0, 0.1) is 17.2 Å². The first-order chi connectivity index (χ1) is 11.5. The molecule has 3 nitrogen and oxygen atoms in total. The van der Waals surface area contributed by atoms with Crippen LogP contribution in [0.1, 0.15) is 45.1 Å². The average Bonchev–Trinajstić information content (AvgIpc) is 2.54. The number of hydrogen-bond donors (Lipinski definition) is 0. The van der Waals surface area contributed by atoms with Gasteiger partial charge in [-0.25, -0.2) is 4.99 Å². The summed E-state index contributed by atoms with van der Waals surface area (Å²) in [6, 6.07) is 9.80. The largest absolute Gasteiger partial charge is 0.295 e. The highest BCUT2D eigenvalue weighted by Gasteiger charge is 2.38. The highest BCUT2D eigenvalue weighted by Crippen LogP contribution is 2.43. The average molecular weight is 361 g/mol. The monoisotopic (exact) mass is 360 g/mol. The van der Waals surface area contributed by atoms with Gasteiger partial charge in [0.1, 0.15) is 5.92 Å². The number of carbonyl (C=O) groups excluding carboxylic acids is 1. The number of carbonyl (C=O) groups is 1. The van der Waals surface area contributed by atoms with Crippen LogP contribution < -0.4 is 0 Å². The maximum atomic E-state index is 12.2. The second kappa shape index (κ2) is 8.50. The first kappa shape index (κ1) is 18.8. The van der Waals surface area contributed by atoms with Gasteiger partial charge in [0, 0.05) is 22.2 Å². The summed E-state index contributed by atoms with van der Waals surface area (Å²) in [5, 5.41) is 11.2. The molecule has 1 heterocycles. The van der Waals surface area contributed by atoms with E-state index in [-0.39, 0.29) is 11.7 Å². The van der Waals surface area contributed by atoms with Crippen LogP contribution in [-0.4, -0.2) is 16.6 Å². The summed E-state index contributed by atoms with van der Waals surface area (Å²) >= 11 is 8.00. The Bertz CT molecular complexity index is 733. The first-order valence-electron chi connectivity index (χ1n) is 8.08. The van der Waals surface area contributed by atoms with Gasteiger partial charge in [-0.2, -0.15) is 5.26 Å². The predicted molar refractivity (Wildman–Crippen MR) is 101 cm³/mol. The van der Waals surface area contributed by atoms with Crippen molar-refractivity contribution in [3.8, 4) is 6.07 Å². The van der Waals surface area contributed by atoms with E-state index < -0.39 is 5.92 Å². The van der Waals surface area contributed by atoms with E-state index in [4.69, 9.17) is 11.6 Å². The van der Waals surface area contributed by atoms with Crippen LogP contribution in [0.15, 0.2) is 40.5 Å². The Balaban J connectivity index is 2.53. The van der Waals surface area contributed by atoms with Gasteiger partial charge in [0.25, 0.3) is 0 Å². The summed E-state index contributed by atoms with van der Waals surface area (Å²) in [4.78, 5) is 16.8. The fourth-order valence-electron chi connectivity index (χ4n) is 2.94. The molecule has 0 fully saturated rings. The molecule has 0 spiro atoms. The number of Topliss-reactive ketones (excluding diaryl/α,β-unsaturated/α-hetero) is 1. The zero-order valence-electron chi connectivity index (χ0n) is 14.2. The summed E-state index contributed by atoms with van der Waals surface area (Å²) in [7, 11) is 0. The lowest BCUT2D eigenvalue weighted by atomic mass is 9.77. The number of hydrogen-bond acceptors (Lipinski definition) is 4. The number of halogens is 1. The molecule has 1 aromatic rings. The van der Waals surface area contributed by atoms with Crippen LogP contribution in [0.4, 0.5) is 0 Å². The Kier molecular flexibility index (Phi) is 6.65. The number of benzene rings is 1. The van der Waals surface area contributed by atoms with E-state index in [0.29, 0.717) is 16.3 Å². The molecule has 0 radical (unpaired) electrons. The van der Waals surface area contributed by atoms with E-state index in [1.54, 1.807) is 17.8 Å². The molecule has 1 aliphatic heterocycles. The Labute approximate surface area is 152 Å². The van der Waals surface area contributed by atoms with Crippen molar-refractivity contribution in [1.29, 1.82) is 5.26 Å². The summed E-state index contributed by atoms with van der Waals surface area (Å²) in [5.74, 6) is 0.0297. The lowest BCUT2D eigenvalue weighted by molar-refractivity contribution is -0.114. The maximum absolute atomic E-state index is 12.2. The smallest absolute Gasteiger partial charge is 0.158 e. The fourth-order valence-corrected chi connectivity index (χ4v) is 4.40. The second-order valence-corrected chi connectivity index (χ2v) is 7.34. The Hall–Kier alpha value is -1.57. The summed E-state index contributed by atoms with van der Waals surface area (Å²) in [5.41, 5.74) is 2.10. The molecule has 0 amide bonds. The topological polar surface area (TPSA) is 53.2 Å². The molecule has 5 heteroatoms. The number of thioether (sulfide) groups is 1. The molecule has 24 heavy (non-hydrogen) atoms. The molecule has 0 saturated carbocycles. The van der Waals surface area contributed by atoms with Crippen molar-refractivity contribution in [1.82, 2.24) is 0 Å². The van der Waals surface area contributed by atoms with Crippen molar-refractivity contribution < 1.29 is 4.79 Å². The van der Waals surface area contributed by atoms with Gasteiger partial charge in [-0.05, 0) is 37.7 Å². The number of aliphatic imine (C=N–C) groups is 1. The standard InChI is InChI=1S/C19H21ClN2OS/c1-4-5-10-24-19-15(11-21)18(14-8-6-7-9-16(14)20)17(13(3)23)12(2)22-19/h6-9,15,18H,4-5,10H2,1-3H3/t15?,18-/m0/s1. The third kappa shape index (κ3) is 3.91. The number of nitrogens with zero attached hydrogens (tertiary/aromatic N) is 2. The van der Waals surface area contributed by atoms with E-state index in [1.807, 2.05) is 25.1 Å². The molecule has 0 bridgehead atoms. The molecule has 1 aromatic carbocycles. The van der Waals surface area contributed by atoms with E-state index in [1.165, 1.54) is 6.92 Å². The molecule has 0 saturated heterocycles. The summed E-state index contributed by atoms with van der Waals surface area (Å²) in [6.07, 6.45) is 2.17.